The second kappa shape index (κ2) is 9.65. The minimum atomic E-state index is -0.575. The highest BCUT2D eigenvalue weighted by molar-refractivity contribution is 6.02. The van der Waals surface area contributed by atoms with Crippen molar-refractivity contribution in [1.82, 2.24) is 5.32 Å². The molecule has 196 valence electrons. The zero-order chi connectivity index (χ0) is 26.3. The van der Waals surface area contributed by atoms with Crippen LogP contribution in [-0.4, -0.2) is 45.6 Å². The molecule has 2 N–H and O–H groups in total. The fourth-order valence-electron chi connectivity index (χ4n) is 5.47. The van der Waals surface area contributed by atoms with Crippen molar-refractivity contribution in [3.8, 4) is 17.2 Å². The number of Topliss-reactive ketones (excluding diaryl/α,β-unsaturated/α-hetero) is 1. The third kappa shape index (κ3) is 4.84. The Morgan fingerprint density at radius 1 is 1.03 bits per heavy atom. The van der Waals surface area contributed by atoms with Crippen molar-refractivity contribution in [2.45, 2.75) is 51.6 Å². The minimum absolute atomic E-state index is 0.0565. The Labute approximate surface area is 218 Å². The molecule has 2 aromatic carbocycles. The van der Waals surface area contributed by atoms with Gasteiger partial charge in [0.2, 0.25) is 5.91 Å². The lowest BCUT2D eigenvalue weighted by Crippen LogP contribution is -2.42. The largest absolute Gasteiger partial charge is 0.496 e. The van der Waals surface area contributed by atoms with Gasteiger partial charge in [-0.15, -0.1) is 0 Å². The minimum Gasteiger partial charge on any atom is -0.496 e. The standard InChI is InChI=1S/C29H35N3O5/c1-29(2)14-20-27(22(33)15-29)28(18-12-24(36-4)25(37-5)13-23(18)35-3)32(16-26(34)30-17-10-11-17)21-9-7-6-8-19(21)31-20/h6-9,12-13,17,28,31H,10-11,14-16H2,1-5H3,(H,30,34). The maximum atomic E-state index is 13.9. The highest BCUT2D eigenvalue weighted by Gasteiger charge is 2.43. The molecule has 1 unspecified atom stereocenters. The number of rotatable bonds is 7. The summed E-state index contributed by atoms with van der Waals surface area (Å²) in [6, 6.07) is 11.2. The van der Waals surface area contributed by atoms with Gasteiger partial charge < -0.3 is 29.7 Å². The molecule has 1 atom stereocenters. The molecule has 0 spiro atoms. The highest BCUT2D eigenvalue weighted by Crippen LogP contribution is 2.51. The number of anilines is 2. The molecule has 0 saturated heterocycles. The Bertz CT molecular complexity index is 1260. The number of ether oxygens (including phenoxy) is 3. The molecule has 2 aromatic rings. The first-order valence-electron chi connectivity index (χ1n) is 12.7. The van der Waals surface area contributed by atoms with Crippen LogP contribution in [-0.2, 0) is 9.59 Å². The predicted octanol–water partition coefficient (Wildman–Crippen LogP) is 4.61. The lowest BCUT2D eigenvalue weighted by molar-refractivity contribution is -0.120. The molecule has 1 amide bonds. The van der Waals surface area contributed by atoms with E-state index in [1.807, 2.05) is 35.2 Å². The van der Waals surface area contributed by atoms with Gasteiger partial charge in [-0.1, -0.05) is 26.0 Å². The van der Waals surface area contributed by atoms with E-state index in [4.69, 9.17) is 14.2 Å². The molecule has 37 heavy (non-hydrogen) atoms. The van der Waals surface area contributed by atoms with Gasteiger partial charge in [0.1, 0.15) is 5.75 Å². The summed E-state index contributed by atoms with van der Waals surface area (Å²) in [5.74, 6) is 1.59. The van der Waals surface area contributed by atoms with Crippen LogP contribution in [0.15, 0.2) is 47.7 Å². The molecule has 3 aliphatic rings. The average Bonchev–Trinajstić information content (AvgIpc) is 3.68. The molecular formula is C29H35N3O5. The Kier molecular flexibility index (Phi) is 6.52. The monoisotopic (exact) mass is 505 g/mol. The van der Waals surface area contributed by atoms with Crippen molar-refractivity contribution in [2.24, 2.45) is 5.41 Å². The van der Waals surface area contributed by atoms with Crippen molar-refractivity contribution in [3.05, 3.63) is 53.2 Å². The van der Waals surface area contributed by atoms with Gasteiger partial charge in [0.05, 0.1) is 45.3 Å². The Balaban J connectivity index is 1.75. The van der Waals surface area contributed by atoms with E-state index in [0.29, 0.717) is 35.7 Å². The molecule has 1 saturated carbocycles. The summed E-state index contributed by atoms with van der Waals surface area (Å²) < 4.78 is 17.0. The number of fused-ring (bicyclic) bond motifs is 1. The number of ketones is 1. The molecule has 1 aliphatic heterocycles. The van der Waals surface area contributed by atoms with E-state index in [1.165, 1.54) is 0 Å². The molecule has 0 aromatic heterocycles. The molecule has 1 fully saturated rings. The number of hydrogen-bond donors (Lipinski definition) is 2. The van der Waals surface area contributed by atoms with E-state index in [0.717, 1.165) is 35.5 Å². The maximum absolute atomic E-state index is 13.9. The summed E-state index contributed by atoms with van der Waals surface area (Å²) in [7, 11) is 4.75. The second-order valence-electron chi connectivity index (χ2n) is 10.8. The Morgan fingerprint density at radius 2 is 1.70 bits per heavy atom. The lowest BCUT2D eigenvalue weighted by Gasteiger charge is -2.38. The summed E-state index contributed by atoms with van der Waals surface area (Å²) in [5.41, 5.74) is 3.78. The van der Waals surface area contributed by atoms with Crippen molar-refractivity contribution in [2.75, 3.05) is 38.1 Å². The van der Waals surface area contributed by atoms with Crippen LogP contribution < -0.4 is 29.7 Å². The van der Waals surface area contributed by atoms with Crippen LogP contribution in [0.3, 0.4) is 0 Å². The average molecular weight is 506 g/mol. The van der Waals surface area contributed by atoms with Gasteiger partial charge in [0.25, 0.3) is 0 Å². The number of methoxy groups -OCH3 is 3. The van der Waals surface area contributed by atoms with Crippen molar-refractivity contribution >= 4 is 23.1 Å². The van der Waals surface area contributed by atoms with Crippen LogP contribution in [0.4, 0.5) is 11.4 Å². The van der Waals surface area contributed by atoms with Gasteiger partial charge in [-0.05, 0) is 42.9 Å². The summed E-state index contributed by atoms with van der Waals surface area (Å²) in [6.07, 6.45) is 3.12. The van der Waals surface area contributed by atoms with Crippen LogP contribution >= 0.6 is 0 Å². The number of carbonyl (C=O) groups is 2. The Morgan fingerprint density at radius 3 is 2.38 bits per heavy atom. The van der Waals surface area contributed by atoms with E-state index < -0.39 is 6.04 Å². The first-order chi connectivity index (χ1) is 17.7. The molecule has 2 aliphatic carbocycles. The zero-order valence-electron chi connectivity index (χ0n) is 22.1. The van der Waals surface area contributed by atoms with E-state index in [9.17, 15) is 9.59 Å². The van der Waals surface area contributed by atoms with Crippen LogP contribution in [0.2, 0.25) is 0 Å². The number of benzene rings is 2. The summed E-state index contributed by atoms with van der Waals surface area (Å²) in [5, 5.41) is 6.69. The SMILES string of the molecule is COc1cc(OC)c(C2C3=C(CC(C)(C)CC3=O)Nc3ccccc3N2CC(=O)NC2CC2)cc1OC. The molecule has 0 bridgehead atoms. The predicted molar refractivity (Wildman–Crippen MR) is 142 cm³/mol. The van der Waals surface area contributed by atoms with Crippen LogP contribution in [0.5, 0.6) is 17.2 Å². The van der Waals surface area contributed by atoms with Gasteiger partial charge in [0.15, 0.2) is 17.3 Å². The Hall–Kier alpha value is -3.68. The molecule has 0 radical (unpaired) electrons. The van der Waals surface area contributed by atoms with Crippen LogP contribution in [0, 0.1) is 5.41 Å². The van der Waals surface area contributed by atoms with Crippen molar-refractivity contribution in [1.29, 1.82) is 0 Å². The summed E-state index contributed by atoms with van der Waals surface area (Å²) in [6.45, 7) is 4.31. The molecule has 1 heterocycles. The van der Waals surface area contributed by atoms with Crippen molar-refractivity contribution in [3.63, 3.8) is 0 Å². The number of carbonyl (C=O) groups excluding carboxylic acids is 2. The maximum Gasteiger partial charge on any atom is 0.239 e. The quantitative estimate of drug-likeness (QED) is 0.568. The fraction of sp³-hybridized carbons (Fsp3) is 0.448. The van der Waals surface area contributed by atoms with Crippen LogP contribution in [0.25, 0.3) is 0 Å². The van der Waals surface area contributed by atoms with E-state index in [2.05, 4.69) is 24.5 Å². The number of hydrogen-bond acceptors (Lipinski definition) is 7. The topological polar surface area (TPSA) is 89.1 Å². The van der Waals surface area contributed by atoms with E-state index in [1.54, 1.807) is 27.4 Å². The molecule has 8 nitrogen and oxygen atoms in total. The smallest absolute Gasteiger partial charge is 0.239 e. The number of nitrogens with zero attached hydrogens (tertiary/aromatic N) is 1. The number of nitrogens with one attached hydrogen (secondary N) is 2. The highest BCUT2D eigenvalue weighted by atomic mass is 16.5. The van der Waals surface area contributed by atoms with Gasteiger partial charge in [-0.25, -0.2) is 0 Å². The summed E-state index contributed by atoms with van der Waals surface area (Å²) in [4.78, 5) is 29.2. The normalized spacial score (nSPS) is 20.3. The number of amides is 1. The van der Waals surface area contributed by atoms with Gasteiger partial charge in [-0.2, -0.15) is 0 Å². The van der Waals surface area contributed by atoms with Crippen LogP contribution in [0.1, 0.15) is 51.1 Å². The summed E-state index contributed by atoms with van der Waals surface area (Å²) >= 11 is 0. The van der Waals surface area contributed by atoms with Gasteiger partial charge >= 0.3 is 0 Å². The third-order valence-electron chi connectivity index (χ3n) is 7.29. The lowest BCUT2D eigenvalue weighted by atomic mass is 9.73. The first kappa shape index (κ1) is 25.0. The van der Waals surface area contributed by atoms with Crippen molar-refractivity contribution < 1.29 is 23.8 Å². The second-order valence-corrected chi connectivity index (χ2v) is 10.8. The molecule has 5 rings (SSSR count). The fourth-order valence-corrected chi connectivity index (χ4v) is 5.47. The van der Waals surface area contributed by atoms with E-state index >= 15 is 0 Å². The first-order valence-corrected chi connectivity index (χ1v) is 12.7. The molecular weight excluding hydrogens is 470 g/mol. The number of para-hydroxylation sites is 2. The van der Waals surface area contributed by atoms with E-state index in [-0.39, 0.29) is 29.7 Å². The van der Waals surface area contributed by atoms with Gasteiger partial charge in [0, 0.05) is 35.4 Å². The number of allylic oxidation sites excluding steroid dienone is 1. The van der Waals surface area contributed by atoms with Gasteiger partial charge in [-0.3, -0.25) is 9.59 Å². The third-order valence-corrected chi connectivity index (χ3v) is 7.29. The zero-order valence-corrected chi connectivity index (χ0v) is 22.1. The molecule has 8 heteroatoms.